The van der Waals surface area contributed by atoms with Crippen LogP contribution in [0.5, 0.6) is 0 Å². The van der Waals surface area contributed by atoms with Gasteiger partial charge in [0.1, 0.15) is 17.6 Å². The van der Waals surface area contributed by atoms with Crippen molar-refractivity contribution in [2.45, 2.75) is 32.7 Å². The van der Waals surface area contributed by atoms with Crippen LogP contribution >= 0.6 is 11.6 Å². The lowest BCUT2D eigenvalue weighted by atomic mass is 10.2. The maximum atomic E-state index is 11.7. The third-order valence-electron chi connectivity index (χ3n) is 5.32. The van der Waals surface area contributed by atoms with E-state index in [-0.39, 0.29) is 10.8 Å². The molecule has 2 aromatic heterocycles. The number of benzene rings is 2. The zero-order valence-corrected chi connectivity index (χ0v) is 17.8. The van der Waals surface area contributed by atoms with Crippen molar-refractivity contribution in [2.75, 3.05) is 0 Å². The van der Waals surface area contributed by atoms with Crippen LogP contribution in [0.2, 0.25) is 5.15 Å². The number of aryl methyl sites for hydroxylation is 1. The highest BCUT2D eigenvalue weighted by Gasteiger charge is 2.21. The van der Waals surface area contributed by atoms with Crippen LogP contribution < -0.4 is 0 Å². The number of unbranched alkanes of at least 4 members (excludes halogenated alkanes) is 1. The number of carboxylic acid groups (broad SMARTS) is 1. The minimum atomic E-state index is -1.09. The summed E-state index contributed by atoms with van der Waals surface area (Å²) < 4.78 is 3.60. The van der Waals surface area contributed by atoms with E-state index in [0.717, 1.165) is 35.0 Å². The number of nitrogens with zero attached hydrogens (tertiary/aromatic N) is 4. The maximum Gasteiger partial charge on any atom is 0.355 e. The van der Waals surface area contributed by atoms with E-state index in [1.54, 1.807) is 4.57 Å². The summed E-state index contributed by atoms with van der Waals surface area (Å²) in [6.45, 7) is 2.43. The Labute approximate surface area is 184 Å². The molecule has 0 radical (unpaired) electrons. The number of fused-ring (bicyclic) bond motifs is 1. The SMILES string of the molecule is CCCCc1nc(Cl)c(C(=O)O)n1Cc1ccc(-n2c(C#N)cc3ccccc32)cc1. The van der Waals surface area contributed by atoms with Crippen molar-refractivity contribution >= 4 is 28.5 Å². The highest BCUT2D eigenvalue weighted by molar-refractivity contribution is 6.32. The van der Waals surface area contributed by atoms with Gasteiger partial charge >= 0.3 is 5.97 Å². The van der Waals surface area contributed by atoms with Gasteiger partial charge in [-0.1, -0.05) is 55.3 Å². The molecule has 0 bridgehead atoms. The van der Waals surface area contributed by atoms with Gasteiger partial charge in [-0.2, -0.15) is 5.26 Å². The van der Waals surface area contributed by atoms with Crippen molar-refractivity contribution in [3.05, 3.63) is 82.5 Å². The summed E-state index contributed by atoms with van der Waals surface area (Å²) in [5, 5.41) is 20.2. The first kappa shape index (κ1) is 20.7. The van der Waals surface area contributed by atoms with Gasteiger partial charge in [-0.05, 0) is 36.2 Å². The predicted molar refractivity (Wildman–Crippen MR) is 120 cm³/mol. The molecule has 0 aliphatic heterocycles. The number of carbonyl (C=O) groups is 1. The lowest BCUT2D eigenvalue weighted by Crippen LogP contribution is -2.13. The molecule has 2 heterocycles. The Balaban J connectivity index is 1.70. The highest BCUT2D eigenvalue weighted by atomic mass is 35.5. The van der Waals surface area contributed by atoms with Crippen molar-refractivity contribution in [2.24, 2.45) is 0 Å². The van der Waals surface area contributed by atoms with Crippen LogP contribution in [0.4, 0.5) is 0 Å². The molecule has 0 aliphatic rings. The maximum absolute atomic E-state index is 11.7. The van der Waals surface area contributed by atoms with E-state index < -0.39 is 5.97 Å². The number of carboxylic acids is 1. The number of para-hydroxylation sites is 1. The topological polar surface area (TPSA) is 83.8 Å². The Morgan fingerprint density at radius 2 is 1.94 bits per heavy atom. The van der Waals surface area contributed by atoms with E-state index in [1.165, 1.54) is 0 Å². The van der Waals surface area contributed by atoms with Gasteiger partial charge in [-0.15, -0.1) is 0 Å². The zero-order chi connectivity index (χ0) is 22.0. The molecular weight excluding hydrogens is 412 g/mol. The molecule has 0 unspecified atom stereocenters. The lowest BCUT2D eigenvalue weighted by Gasteiger charge is -2.12. The second-order valence-electron chi connectivity index (χ2n) is 7.36. The van der Waals surface area contributed by atoms with Crippen LogP contribution in [-0.4, -0.2) is 25.2 Å². The van der Waals surface area contributed by atoms with Crippen molar-refractivity contribution in [1.29, 1.82) is 5.26 Å². The van der Waals surface area contributed by atoms with Gasteiger partial charge in [0.05, 0.1) is 5.52 Å². The van der Waals surface area contributed by atoms with Gasteiger partial charge in [0.15, 0.2) is 10.8 Å². The van der Waals surface area contributed by atoms with Crippen molar-refractivity contribution in [1.82, 2.24) is 14.1 Å². The van der Waals surface area contributed by atoms with Crippen molar-refractivity contribution in [3.63, 3.8) is 0 Å². The predicted octanol–water partition coefficient (Wildman–Crippen LogP) is 5.44. The Kier molecular flexibility index (Phi) is 5.79. The molecule has 1 N–H and O–H groups in total. The standard InChI is InChI=1S/C24H21ClN4O2/c1-2-3-8-21-27-23(25)22(24(30)31)28(21)15-16-9-11-18(12-10-16)29-19(14-26)13-17-6-4-5-7-20(17)29/h4-7,9-13H,2-3,8,15H2,1H3,(H,30,31). The van der Waals surface area contributed by atoms with Crippen LogP contribution in [0.3, 0.4) is 0 Å². The fourth-order valence-electron chi connectivity index (χ4n) is 3.82. The van der Waals surface area contributed by atoms with Crippen LogP contribution in [0.25, 0.3) is 16.6 Å². The molecule has 2 aromatic carbocycles. The van der Waals surface area contributed by atoms with Crippen molar-refractivity contribution in [3.8, 4) is 11.8 Å². The quantitative estimate of drug-likeness (QED) is 0.421. The molecule has 0 saturated carbocycles. The van der Waals surface area contributed by atoms with Gasteiger partial charge in [0.25, 0.3) is 0 Å². The third-order valence-corrected chi connectivity index (χ3v) is 5.58. The summed E-state index contributed by atoms with van der Waals surface area (Å²) in [7, 11) is 0. The van der Waals surface area contributed by atoms with Gasteiger partial charge in [-0.25, -0.2) is 9.78 Å². The van der Waals surface area contributed by atoms with Gasteiger partial charge in [0, 0.05) is 24.0 Å². The molecule has 7 heteroatoms. The van der Waals surface area contributed by atoms with E-state index in [1.807, 2.05) is 59.2 Å². The van der Waals surface area contributed by atoms with E-state index >= 15 is 0 Å². The minimum Gasteiger partial charge on any atom is -0.476 e. The number of nitriles is 1. The first-order chi connectivity index (χ1) is 15.0. The Bertz CT molecular complexity index is 1300. The summed E-state index contributed by atoms with van der Waals surface area (Å²) >= 11 is 6.13. The van der Waals surface area contributed by atoms with Crippen molar-refractivity contribution < 1.29 is 9.90 Å². The van der Waals surface area contributed by atoms with Crippen LogP contribution in [0, 0.1) is 11.3 Å². The molecule has 4 rings (SSSR count). The minimum absolute atomic E-state index is 0.0139. The van der Waals surface area contributed by atoms with Crippen LogP contribution in [-0.2, 0) is 13.0 Å². The number of aromatic nitrogens is 3. The first-order valence-corrected chi connectivity index (χ1v) is 10.5. The third kappa shape index (κ3) is 3.92. The molecule has 6 nitrogen and oxygen atoms in total. The number of imidazole rings is 1. The molecule has 0 atom stereocenters. The number of rotatable bonds is 7. The molecule has 31 heavy (non-hydrogen) atoms. The second-order valence-corrected chi connectivity index (χ2v) is 7.72. The summed E-state index contributed by atoms with van der Waals surface area (Å²) in [6.07, 6.45) is 2.55. The number of hydrogen-bond donors (Lipinski definition) is 1. The fraction of sp³-hybridized carbons (Fsp3) is 0.208. The smallest absolute Gasteiger partial charge is 0.355 e. The lowest BCUT2D eigenvalue weighted by molar-refractivity contribution is 0.0685. The molecule has 156 valence electrons. The number of aromatic carboxylic acids is 1. The first-order valence-electron chi connectivity index (χ1n) is 10.1. The Morgan fingerprint density at radius 1 is 1.19 bits per heavy atom. The van der Waals surface area contributed by atoms with Crippen LogP contribution in [0.15, 0.2) is 54.6 Å². The molecule has 4 aromatic rings. The fourth-order valence-corrected chi connectivity index (χ4v) is 4.10. The molecule has 0 spiro atoms. The molecule has 0 aliphatic carbocycles. The molecular formula is C24H21ClN4O2. The highest BCUT2D eigenvalue weighted by Crippen LogP contribution is 2.25. The monoisotopic (exact) mass is 432 g/mol. The average molecular weight is 433 g/mol. The number of hydrogen-bond acceptors (Lipinski definition) is 3. The summed E-state index contributed by atoms with van der Waals surface area (Å²) in [5.74, 6) is -0.411. The van der Waals surface area contributed by atoms with E-state index in [2.05, 4.69) is 18.0 Å². The second kappa shape index (κ2) is 8.66. The Morgan fingerprint density at radius 3 is 2.61 bits per heavy atom. The normalized spacial score (nSPS) is 11.0. The zero-order valence-electron chi connectivity index (χ0n) is 17.0. The summed E-state index contributed by atoms with van der Waals surface area (Å²) in [6, 6.07) is 19.7. The molecule has 0 saturated heterocycles. The van der Waals surface area contributed by atoms with Gasteiger partial charge in [-0.3, -0.25) is 0 Å². The Hall–Kier alpha value is -3.56. The number of halogens is 1. The van der Waals surface area contributed by atoms with E-state index in [9.17, 15) is 15.2 Å². The van der Waals surface area contributed by atoms with E-state index in [0.29, 0.717) is 24.5 Å². The van der Waals surface area contributed by atoms with Gasteiger partial charge < -0.3 is 14.2 Å². The molecule has 0 fully saturated rings. The van der Waals surface area contributed by atoms with E-state index in [4.69, 9.17) is 11.6 Å². The summed E-state index contributed by atoms with van der Waals surface area (Å²) in [5.41, 5.74) is 3.33. The summed E-state index contributed by atoms with van der Waals surface area (Å²) in [4.78, 5) is 16.0. The van der Waals surface area contributed by atoms with Gasteiger partial charge in [0.2, 0.25) is 0 Å². The van der Waals surface area contributed by atoms with Crippen LogP contribution in [0.1, 0.15) is 47.3 Å². The largest absolute Gasteiger partial charge is 0.476 e. The molecule has 0 amide bonds. The average Bonchev–Trinajstić information content (AvgIpc) is 3.30.